The van der Waals surface area contributed by atoms with Crippen LogP contribution in [-0.4, -0.2) is 59.9 Å². The summed E-state index contributed by atoms with van der Waals surface area (Å²) >= 11 is 0. The zero-order valence-electron chi connectivity index (χ0n) is 15.1. The molecule has 1 amide bonds. The summed E-state index contributed by atoms with van der Waals surface area (Å²) in [5.74, 6) is 1.29. The molecule has 0 aliphatic carbocycles. The number of aromatic nitrogens is 2. The van der Waals surface area contributed by atoms with Gasteiger partial charge in [0.05, 0.1) is 11.8 Å². The number of hydrogen-bond donors (Lipinski definition) is 0. The number of hydrogen-bond acceptors (Lipinski definition) is 5. The van der Waals surface area contributed by atoms with Crippen molar-refractivity contribution in [1.82, 2.24) is 15.1 Å². The summed E-state index contributed by atoms with van der Waals surface area (Å²) in [6.07, 6.45) is 6.44. The van der Waals surface area contributed by atoms with E-state index >= 15 is 0 Å². The Hall–Kier alpha value is -1.69. The van der Waals surface area contributed by atoms with Crippen LogP contribution in [0.1, 0.15) is 44.2 Å². The molecule has 4 rings (SSSR count). The highest BCUT2D eigenvalue weighted by molar-refractivity contribution is 5.77. The Bertz CT molecular complexity index is 604. The Balaban J connectivity index is 1.37. The van der Waals surface area contributed by atoms with Crippen LogP contribution in [0.25, 0.3) is 0 Å². The summed E-state index contributed by atoms with van der Waals surface area (Å²) in [6, 6.07) is 4.09. The van der Waals surface area contributed by atoms with E-state index in [-0.39, 0.29) is 11.5 Å². The molecule has 136 valence electrons. The molecule has 0 saturated carbocycles. The minimum atomic E-state index is 0.252. The molecule has 1 spiro atoms. The van der Waals surface area contributed by atoms with E-state index in [0.29, 0.717) is 12.3 Å². The molecule has 0 radical (unpaired) electrons. The fourth-order valence-corrected chi connectivity index (χ4v) is 4.48. The second-order valence-corrected chi connectivity index (χ2v) is 7.93. The molecule has 6 heteroatoms. The predicted octanol–water partition coefficient (Wildman–Crippen LogP) is 2.17. The normalized spacial score (nSPS) is 26.4. The largest absolute Gasteiger partial charge is 0.376 e. The fourth-order valence-electron chi connectivity index (χ4n) is 4.48. The van der Waals surface area contributed by atoms with E-state index in [1.807, 2.05) is 13.0 Å². The number of ether oxygens (including phenoxy) is 1. The number of aryl methyl sites for hydroxylation is 1. The molecular weight excluding hydrogens is 316 g/mol. The summed E-state index contributed by atoms with van der Waals surface area (Å²) in [7, 11) is 0. The van der Waals surface area contributed by atoms with Crippen molar-refractivity contribution in [2.45, 2.75) is 51.6 Å². The van der Waals surface area contributed by atoms with Gasteiger partial charge in [0.2, 0.25) is 5.91 Å². The van der Waals surface area contributed by atoms with E-state index in [0.717, 1.165) is 76.4 Å². The van der Waals surface area contributed by atoms with Crippen molar-refractivity contribution >= 4 is 11.7 Å². The number of piperidine rings is 2. The average Bonchev–Trinajstić information content (AvgIpc) is 3.13. The van der Waals surface area contributed by atoms with Gasteiger partial charge in [0.25, 0.3) is 0 Å². The lowest BCUT2D eigenvalue weighted by Gasteiger charge is -2.48. The van der Waals surface area contributed by atoms with Gasteiger partial charge in [-0.3, -0.25) is 4.79 Å². The summed E-state index contributed by atoms with van der Waals surface area (Å²) in [5.41, 5.74) is 1.23. The molecule has 0 N–H and O–H groups in total. The van der Waals surface area contributed by atoms with Gasteiger partial charge in [0.1, 0.15) is 0 Å². The number of rotatable bonds is 3. The van der Waals surface area contributed by atoms with Gasteiger partial charge >= 0.3 is 0 Å². The van der Waals surface area contributed by atoms with Crippen molar-refractivity contribution in [3.63, 3.8) is 0 Å². The fraction of sp³-hybridized carbons (Fsp3) is 0.737. The first-order chi connectivity index (χ1) is 12.1. The van der Waals surface area contributed by atoms with E-state index in [1.165, 1.54) is 0 Å². The highest BCUT2D eigenvalue weighted by Gasteiger charge is 2.41. The second kappa shape index (κ2) is 6.90. The standard InChI is InChI=1S/C19H28N4O2/c1-15-4-5-17(21-20-15)22-10-8-19(9-11-22)7-6-18(24)23(14-19)13-16-3-2-12-25-16/h4-5,16H,2-3,6-14H2,1H3/t16-/m0/s1. The van der Waals surface area contributed by atoms with Crippen LogP contribution >= 0.6 is 0 Å². The zero-order chi connectivity index (χ0) is 17.3. The number of carbonyl (C=O) groups excluding carboxylic acids is 1. The lowest BCUT2D eigenvalue weighted by atomic mass is 9.72. The van der Waals surface area contributed by atoms with Crippen molar-refractivity contribution < 1.29 is 9.53 Å². The van der Waals surface area contributed by atoms with Crippen molar-refractivity contribution in [3.05, 3.63) is 17.8 Å². The van der Waals surface area contributed by atoms with Gasteiger partial charge in [-0.05, 0) is 56.6 Å². The Morgan fingerprint density at radius 3 is 2.76 bits per heavy atom. The minimum Gasteiger partial charge on any atom is -0.376 e. The van der Waals surface area contributed by atoms with Crippen LogP contribution in [0.15, 0.2) is 12.1 Å². The Labute approximate surface area is 149 Å². The van der Waals surface area contributed by atoms with Crippen LogP contribution in [0.4, 0.5) is 5.82 Å². The van der Waals surface area contributed by atoms with Gasteiger partial charge in [-0.1, -0.05) is 0 Å². The SMILES string of the molecule is Cc1ccc(N2CCC3(CCC(=O)N(C[C@@H]4CCCO4)C3)CC2)nn1. The monoisotopic (exact) mass is 344 g/mol. The smallest absolute Gasteiger partial charge is 0.222 e. The van der Waals surface area contributed by atoms with Crippen molar-refractivity contribution in [2.75, 3.05) is 37.7 Å². The Kier molecular flexibility index (Phi) is 4.63. The third-order valence-corrected chi connectivity index (χ3v) is 6.13. The summed E-state index contributed by atoms with van der Waals surface area (Å²) in [5, 5.41) is 8.51. The molecule has 6 nitrogen and oxygen atoms in total. The number of likely N-dealkylation sites (tertiary alicyclic amines) is 1. The minimum absolute atomic E-state index is 0.252. The van der Waals surface area contributed by atoms with Crippen LogP contribution in [0, 0.1) is 12.3 Å². The first-order valence-corrected chi connectivity index (χ1v) is 9.58. The summed E-state index contributed by atoms with van der Waals surface area (Å²) in [6.45, 7) is 6.50. The third kappa shape index (κ3) is 3.64. The molecular formula is C19H28N4O2. The molecule has 1 aromatic heterocycles. The maximum atomic E-state index is 12.4. The second-order valence-electron chi connectivity index (χ2n) is 7.93. The van der Waals surface area contributed by atoms with Gasteiger partial charge in [-0.15, -0.1) is 5.10 Å². The molecule has 0 aromatic carbocycles. The number of carbonyl (C=O) groups is 1. The van der Waals surface area contributed by atoms with Crippen LogP contribution in [-0.2, 0) is 9.53 Å². The number of nitrogens with zero attached hydrogens (tertiary/aromatic N) is 4. The van der Waals surface area contributed by atoms with Crippen LogP contribution in [0.5, 0.6) is 0 Å². The van der Waals surface area contributed by atoms with E-state index < -0.39 is 0 Å². The van der Waals surface area contributed by atoms with Gasteiger partial charge in [0.15, 0.2) is 5.82 Å². The van der Waals surface area contributed by atoms with Crippen LogP contribution in [0.3, 0.4) is 0 Å². The van der Waals surface area contributed by atoms with Gasteiger partial charge < -0.3 is 14.5 Å². The topological polar surface area (TPSA) is 58.6 Å². The van der Waals surface area contributed by atoms with E-state index in [4.69, 9.17) is 4.74 Å². The van der Waals surface area contributed by atoms with Crippen molar-refractivity contribution in [2.24, 2.45) is 5.41 Å². The van der Waals surface area contributed by atoms with Gasteiger partial charge in [-0.25, -0.2) is 0 Å². The number of amides is 1. The first kappa shape index (κ1) is 16.8. The lowest BCUT2D eigenvalue weighted by molar-refractivity contribution is -0.140. The maximum absolute atomic E-state index is 12.4. The first-order valence-electron chi connectivity index (χ1n) is 9.58. The molecule has 0 bridgehead atoms. The van der Waals surface area contributed by atoms with Crippen molar-refractivity contribution in [3.8, 4) is 0 Å². The number of anilines is 1. The zero-order valence-corrected chi connectivity index (χ0v) is 15.1. The Morgan fingerprint density at radius 1 is 1.24 bits per heavy atom. The quantitative estimate of drug-likeness (QED) is 0.841. The molecule has 3 saturated heterocycles. The predicted molar refractivity (Wildman–Crippen MR) is 95.4 cm³/mol. The lowest BCUT2D eigenvalue weighted by Crippen LogP contribution is -2.53. The molecule has 1 atom stereocenters. The van der Waals surface area contributed by atoms with Crippen LogP contribution in [0.2, 0.25) is 0 Å². The molecule has 0 unspecified atom stereocenters. The van der Waals surface area contributed by atoms with Crippen LogP contribution < -0.4 is 4.90 Å². The molecule has 1 aromatic rings. The maximum Gasteiger partial charge on any atom is 0.222 e. The summed E-state index contributed by atoms with van der Waals surface area (Å²) < 4.78 is 5.75. The van der Waals surface area contributed by atoms with E-state index in [9.17, 15) is 4.79 Å². The third-order valence-electron chi connectivity index (χ3n) is 6.13. The van der Waals surface area contributed by atoms with E-state index in [2.05, 4.69) is 26.1 Å². The molecule has 25 heavy (non-hydrogen) atoms. The van der Waals surface area contributed by atoms with Crippen molar-refractivity contribution in [1.29, 1.82) is 0 Å². The molecule has 3 fully saturated rings. The van der Waals surface area contributed by atoms with E-state index in [1.54, 1.807) is 0 Å². The molecule has 3 aliphatic heterocycles. The molecule has 3 aliphatic rings. The average molecular weight is 344 g/mol. The van der Waals surface area contributed by atoms with Gasteiger partial charge in [0, 0.05) is 39.2 Å². The van der Waals surface area contributed by atoms with Gasteiger partial charge in [-0.2, -0.15) is 5.10 Å². The Morgan fingerprint density at radius 2 is 2.08 bits per heavy atom. The summed E-state index contributed by atoms with van der Waals surface area (Å²) in [4.78, 5) is 16.8. The molecule has 4 heterocycles. The highest BCUT2D eigenvalue weighted by Crippen LogP contribution is 2.41. The highest BCUT2D eigenvalue weighted by atomic mass is 16.5.